The van der Waals surface area contributed by atoms with Gasteiger partial charge in [-0.1, -0.05) is 20.8 Å². The summed E-state index contributed by atoms with van der Waals surface area (Å²) in [6, 6.07) is 0. The second-order valence-electron chi connectivity index (χ2n) is 5.70. The third kappa shape index (κ3) is 5.54. The fourth-order valence-corrected chi connectivity index (χ4v) is 2.53. The summed E-state index contributed by atoms with van der Waals surface area (Å²) < 4.78 is 0.0163. The number of Topliss-reactive ketones (excluding diaryl/α,β-unsaturated/α-hetero) is 1. The zero-order chi connectivity index (χ0) is 13.1. The van der Waals surface area contributed by atoms with Crippen molar-refractivity contribution in [2.45, 2.75) is 58.0 Å². The molecule has 4 heteroatoms. The van der Waals surface area contributed by atoms with E-state index in [1.54, 1.807) is 25.6 Å². The molecule has 0 spiro atoms. The number of carboxylic acids is 1. The lowest BCUT2D eigenvalue weighted by Gasteiger charge is -2.25. The van der Waals surface area contributed by atoms with Crippen molar-refractivity contribution < 1.29 is 14.7 Å². The van der Waals surface area contributed by atoms with Gasteiger partial charge in [0.05, 0.1) is 10.7 Å². The van der Waals surface area contributed by atoms with Crippen molar-refractivity contribution in [3.63, 3.8) is 0 Å². The lowest BCUT2D eigenvalue weighted by Crippen LogP contribution is -2.31. The van der Waals surface area contributed by atoms with E-state index >= 15 is 0 Å². The maximum Gasteiger partial charge on any atom is 0.309 e. The van der Waals surface area contributed by atoms with Crippen LogP contribution in [0.3, 0.4) is 0 Å². The molecular weight excluding hydrogens is 224 g/mol. The first-order chi connectivity index (χ1) is 6.96. The van der Waals surface area contributed by atoms with Gasteiger partial charge >= 0.3 is 5.97 Å². The van der Waals surface area contributed by atoms with E-state index in [-0.39, 0.29) is 22.2 Å². The van der Waals surface area contributed by atoms with Crippen LogP contribution in [-0.4, -0.2) is 26.9 Å². The van der Waals surface area contributed by atoms with Crippen LogP contribution in [0.4, 0.5) is 0 Å². The van der Waals surface area contributed by atoms with Crippen LogP contribution < -0.4 is 0 Å². The fraction of sp³-hybridized carbons (Fsp3) is 0.833. The molecule has 0 amide bonds. The quantitative estimate of drug-likeness (QED) is 0.810. The Morgan fingerprint density at radius 3 is 1.94 bits per heavy atom. The van der Waals surface area contributed by atoms with E-state index in [9.17, 15) is 9.59 Å². The predicted molar refractivity (Wildman–Crippen MR) is 67.8 cm³/mol. The largest absolute Gasteiger partial charge is 0.481 e. The summed E-state index contributed by atoms with van der Waals surface area (Å²) >= 11 is 1.57. The van der Waals surface area contributed by atoms with Crippen molar-refractivity contribution in [3.8, 4) is 0 Å². The van der Waals surface area contributed by atoms with Gasteiger partial charge in [-0.3, -0.25) is 9.59 Å². The number of ketones is 1. The van der Waals surface area contributed by atoms with Gasteiger partial charge in [0.2, 0.25) is 0 Å². The first-order valence-electron chi connectivity index (χ1n) is 5.39. The normalized spacial score (nSPS) is 14.6. The molecule has 0 aromatic rings. The van der Waals surface area contributed by atoms with Gasteiger partial charge in [0.1, 0.15) is 5.78 Å². The van der Waals surface area contributed by atoms with Gasteiger partial charge in [0, 0.05) is 11.2 Å². The highest BCUT2D eigenvalue weighted by molar-refractivity contribution is 8.01. The third-order valence-electron chi connectivity index (χ3n) is 2.18. The minimum Gasteiger partial charge on any atom is -0.481 e. The first-order valence-corrected chi connectivity index (χ1v) is 6.27. The average Bonchev–Trinajstić information content (AvgIpc) is 1.99. The summed E-state index contributed by atoms with van der Waals surface area (Å²) in [6.07, 6.45) is 0.0899. The Kier molecular flexibility index (Phi) is 5.05. The Hall–Kier alpha value is -0.510. The second-order valence-corrected chi connectivity index (χ2v) is 7.87. The molecule has 0 saturated carbocycles. The van der Waals surface area contributed by atoms with Crippen LogP contribution in [0, 0.1) is 5.41 Å². The molecule has 0 radical (unpaired) electrons. The molecule has 1 atom stereocenters. The Balaban J connectivity index is 4.43. The molecule has 94 valence electrons. The van der Waals surface area contributed by atoms with Crippen LogP contribution in [0.5, 0.6) is 0 Å². The SMILES string of the molecule is CC(SC(C)(C)C)C(=O)CC(C)(C)C(=O)O. The van der Waals surface area contributed by atoms with Crippen molar-refractivity contribution >= 4 is 23.5 Å². The molecular formula is C12H22O3S. The molecule has 0 aromatic carbocycles. The standard InChI is InChI=1S/C12H22O3S/c1-8(16-11(2,3)4)9(13)7-12(5,6)10(14)15/h8H,7H2,1-6H3,(H,14,15). The van der Waals surface area contributed by atoms with Crippen LogP contribution in [0.2, 0.25) is 0 Å². The van der Waals surface area contributed by atoms with Gasteiger partial charge in [-0.05, 0) is 20.8 Å². The van der Waals surface area contributed by atoms with Gasteiger partial charge in [0.25, 0.3) is 0 Å². The molecule has 1 unspecified atom stereocenters. The number of carbonyl (C=O) groups is 2. The fourth-order valence-electron chi connectivity index (χ4n) is 1.25. The molecule has 0 bridgehead atoms. The van der Waals surface area contributed by atoms with Gasteiger partial charge in [-0.2, -0.15) is 0 Å². The zero-order valence-electron chi connectivity index (χ0n) is 11.0. The smallest absolute Gasteiger partial charge is 0.309 e. The molecule has 1 N–H and O–H groups in total. The molecule has 0 rings (SSSR count). The van der Waals surface area contributed by atoms with Crippen molar-refractivity contribution in [1.82, 2.24) is 0 Å². The number of rotatable bonds is 5. The summed E-state index contributed by atoms with van der Waals surface area (Å²) in [5.41, 5.74) is -0.968. The van der Waals surface area contributed by atoms with E-state index < -0.39 is 11.4 Å². The number of hydrogen-bond donors (Lipinski definition) is 1. The predicted octanol–water partition coefficient (Wildman–Crippen LogP) is 2.98. The molecule has 3 nitrogen and oxygen atoms in total. The zero-order valence-corrected chi connectivity index (χ0v) is 11.8. The van der Waals surface area contributed by atoms with Crippen LogP contribution in [0.15, 0.2) is 0 Å². The molecule has 0 saturated heterocycles. The molecule has 0 aliphatic rings. The van der Waals surface area contributed by atoms with Crippen LogP contribution in [0.1, 0.15) is 48.0 Å². The van der Waals surface area contributed by atoms with Gasteiger partial charge in [-0.15, -0.1) is 11.8 Å². The highest BCUT2D eigenvalue weighted by atomic mass is 32.2. The van der Waals surface area contributed by atoms with Crippen LogP contribution in [-0.2, 0) is 9.59 Å². The monoisotopic (exact) mass is 246 g/mol. The van der Waals surface area contributed by atoms with E-state index in [0.717, 1.165) is 0 Å². The maximum absolute atomic E-state index is 11.9. The Morgan fingerprint density at radius 2 is 1.62 bits per heavy atom. The maximum atomic E-state index is 11.9. The highest BCUT2D eigenvalue weighted by Crippen LogP contribution is 2.31. The molecule has 0 heterocycles. The summed E-state index contributed by atoms with van der Waals surface area (Å²) in [7, 11) is 0. The molecule has 0 aliphatic carbocycles. The molecule has 0 aliphatic heterocycles. The van der Waals surface area contributed by atoms with Crippen LogP contribution >= 0.6 is 11.8 Å². The number of hydrogen-bond acceptors (Lipinski definition) is 3. The number of carboxylic acid groups (broad SMARTS) is 1. The van der Waals surface area contributed by atoms with E-state index in [1.165, 1.54) is 0 Å². The van der Waals surface area contributed by atoms with Gasteiger partial charge in [-0.25, -0.2) is 0 Å². The summed E-state index contributed by atoms with van der Waals surface area (Å²) in [5, 5.41) is 8.79. The average molecular weight is 246 g/mol. The van der Waals surface area contributed by atoms with Crippen molar-refractivity contribution in [2.75, 3.05) is 0 Å². The number of carbonyl (C=O) groups excluding carboxylic acids is 1. The lowest BCUT2D eigenvalue weighted by molar-refractivity contribution is -0.149. The molecule has 0 fully saturated rings. The Bertz CT molecular complexity index is 276. The summed E-state index contributed by atoms with van der Waals surface area (Å²) in [6.45, 7) is 11.1. The first kappa shape index (κ1) is 15.5. The molecule has 16 heavy (non-hydrogen) atoms. The second kappa shape index (κ2) is 5.21. The van der Waals surface area contributed by atoms with E-state index in [1.807, 2.05) is 27.7 Å². The Labute approximate surface area is 102 Å². The third-order valence-corrected chi connectivity index (χ3v) is 3.50. The lowest BCUT2D eigenvalue weighted by atomic mass is 9.87. The highest BCUT2D eigenvalue weighted by Gasteiger charge is 2.32. The summed E-state index contributed by atoms with van der Waals surface area (Å²) in [4.78, 5) is 22.8. The minimum atomic E-state index is -0.968. The van der Waals surface area contributed by atoms with Gasteiger partial charge < -0.3 is 5.11 Å². The minimum absolute atomic E-state index is 0.00678. The van der Waals surface area contributed by atoms with Crippen LogP contribution in [0.25, 0.3) is 0 Å². The Morgan fingerprint density at radius 1 is 1.19 bits per heavy atom. The van der Waals surface area contributed by atoms with Crippen molar-refractivity contribution in [3.05, 3.63) is 0 Å². The van der Waals surface area contributed by atoms with Gasteiger partial charge in [0.15, 0.2) is 0 Å². The number of aliphatic carboxylic acids is 1. The topological polar surface area (TPSA) is 54.4 Å². The van der Waals surface area contributed by atoms with E-state index in [4.69, 9.17) is 5.11 Å². The molecule has 0 aromatic heterocycles. The van der Waals surface area contributed by atoms with E-state index in [0.29, 0.717) is 0 Å². The number of thioether (sulfide) groups is 1. The van der Waals surface area contributed by atoms with E-state index in [2.05, 4.69) is 0 Å². The van der Waals surface area contributed by atoms with Crippen molar-refractivity contribution in [2.24, 2.45) is 5.41 Å². The van der Waals surface area contributed by atoms with Crippen molar-refractivity contribution in [1.29, 1.82) is 0 Å². The summed E-state index contributed by atoms with van der Waals surface area (Å²) in [5.74, 6) is -0.916.